The normalized spacial score (nSPS) is 17.8. The van der Waals surface area contributed by atoms with E-state index < -0.39 is 5.54 Å². The molecule has 1 saturated heterocycles. The Labute approximate surface area is 254 Å². The van der Waals surface area contributed by atoms with Gasteiger partial charge >= 0.3 is 0 Å². The van der Waals surface area contributed by atoms with E-state index in [2.05, 4.69) is 50.8 Å². The Morgan fingerprint density at radius 2 is 2.02 bits per heavy atom. The number of nitrogens with one attached hydrogen (secondary N) is 3. The third-order valence-corrected chi connectivity index (χ3v) is 7.02. The van der Waals surface area contributed by atoms with Crippen LogP contribution in [0.15, 0.2) is 42.6 Å². The van der Waals surface area contributed by atoms with Gasteiger partial charge in [0.2, 0.25) is 17.8 Å². The third kappa shape index (κ3) is 9.53. The standard InChI is InChI=1S/C32H42N8O3/c1-6-17-34-29-25(22-36-31(38-29)37-26-15-13-24(21-33)14-16-26)11-8-7-9-18-35-30(42)32(2)20-27(43-5)23-40(32)28(41)12-10-19-39(3)4/h10,12-16,22,27H,6-7,9,17-20,23H2,1-5H3,(H,35,42)(H2,34,36,37,38)/b12-10+/t27-,32+/m1/s1. The molecular weight excluding hydrogens is 544 g/mol. The number of likely N-dealkylation sites (N-methyl/N-ethyl adjacent to an activating group) is 1. The van der Waals surface area contributed by atoms with Gasteiger partial charge in [-0.05, 0) is 58.1 Å². The maximum Gasteiger partial charge on any atom is 0.247 e. The predicted octanol–water partition coefficient (Wildman–Crippen LogP) is 3.29. The van der Waals surface area contributed by atoms with Crippen molar-refractivity contribution >= 4 is 29.3 Å². The lowest BCUT2D eigenvalue weighted by molar-refractivity contribution is -0.141. The monoisotopic (exact) mass is 586 g/mol. The van der Waals surface area contributed by atoms with Crippen LogP contribution in [0.2, 0.25) is 0 Å². The fraction of sp³-hybridized carbons (Fsp3) is 0.469. The van der Waals surface area contributed by atoms with E-state index in [-0.39, 0.29) is 17.9 Å². The number of ether oxygens (including phenoxy) is 1. The maximum absolute atomic E-state index is 13.2. The summed E-state index contributed by atoms with van der Waals surface area (Å²) in [5.74, 6) is 6.98. The summed E-state index contributed by atoms with van der Waals surface area (Å²) in [6.07, 6.45) is 7.38. The summed E-state index contributed by atoms with van der Waals surface area (Å²) in [5.41, 5.74) is 1.05. The highest BCUT2D eigenvalue weighted by Gasteiger charge is 2.49. The summed E-state index contributed by atoms with van der Waals surface area (Å²) in [7, 11) is 5.46. The number of benzene rings is 1. The minimum absolute atomic E-state index is 0.195. The zero-order valence-corrected chi connectivity index (χ0v) is 25.7. The van der Waals surface area contributed by atoms with Crippen molar-refractivity contribution in [2.24, 2.45) is 0 Å². The average Bonchev–Trinajstić information content (AvgIpc) is 3.36. The Bertz CT molecular complexity index is 1370. The van der Waals surface area contributed by atoms with Gasteiger partial charge in [0.05, 0.1) is 29.5 Å². The smallest absolute Gasteiger partial charge is 0.247 e. The highest BCUT2D eigenvalue weighted by molar-refractivity contribution is 5.96. The van der Waals surface area contributed by atoms with Crippen molar-refractivity contribution in [3.63, 3.8) is 0 Å². The molecular formula is C32H42N8O3. The number of nitrogens with zero attached hydrogens (tertiary/aromatic N) is 5. The highest BCUT2D eigenvalue weighted by Crippen LogP contribution is 2.31. The molecule has 0 aliphatic carbocycles. The molecule has 2 atom stereocenters. The summed E-state index contributed by atoms with van der Waals surface area (Å²) in [6, 6.07) is 9.16. The van der Waals surface area contributed by atoms with E-state index in [4.69, 9.17) is 10.00 Å². The lowest BCUT2D eigenvalue weighted by Crippen LogP contribution is -2.55. The quantitative estimate of drug-likeness (QED) is 0.184. The largest absolute Gasteiger partial charge is 0.380 e. The third-order valence-electron chi connectivity index (χ3n) is 7.02. The summed E-state index contributed by atoms with van der Waals surface area (Å²) in [5, 5.41) is 18.4. The van der Waals surface area contributed by atoms with Crippen LogP contribution in [-0.4, -0.2) is 90.6 Å². The van der Waals surface area contributed by atoms with Crippen LogP contribution >= 0.6 is 0 Å². The molecule has 1 aromatic carbocycles. The van der Waals surface area contributed by atoms with Crippen LogP contribution < -0.4 is 16.0 Å². The number of anilines is 3. The van der Waals surface area contributed by atoms with Gasteiger partial charge in [-0.25, -0.2) is 4.98 Å². The fourth-order valence-electron chi connectivity index (χ4n) is 4.58. The van der Waals surface area contributed by atoms with Gasteiger partial charge in [-0.2, -0.15) is 10.2 Å². The number of unbranched alkanes of at least 4 members (excludes halogenated alkanes) is 1. The SMILES string of the molecule is CCCNc1nc(Nc2ccc(C#N)cc2)ncc1C#CCCCNC(=O)[C@]1(C)C[C@@H](OC)CN1C(=O)/C=C/CN(C)C. The second-order valence-electron chi connectivity index (χ2n) is 10.8. The zero-order valence-electron chi connectivity index (χ0n) is 25.7. The Hall–Kier alpha value is -4.45. The van der Waals surface area contributed by atoms with Gasteiger partial charge in [0.25, 0.3) is 0 Å². The Morgan fingerprint density at radius 3 is 2.70 bits per heavy atom. The van der Waals surface area contributed by atoms with Crippen molar-refractivity contribution in [3.05, 3.63) is 53.7 Å². The van der Waals surface area contributed by atoms with Gasteiger partial charge in [-0.1, -0.05) is 24.8 Å². The van der Waals surface area contributed by atoms with E-state index in [0.29, 0.717) is 61.8 Å². The molecule has 3 N–H and O–H groups in total. The summed E-state index contributed by atoms with van der Waals surface area (Å²) < 4.78 is 5.50. The van der Waals surface area contributed by atoms with Crippen LogP contribution in [0.5, 0.6) is 0 Å². The minimum atomic E-state index is -0.989. The molecule has 1 aromatic heterocycles. The molecule has 1 fully saturated rings. The van der Waals surface area contributed by atoms with Gasteiger partial charge in [-0.3, -0.25) is 9.59 Å². The molecule has 2 aromatic rings. The Morgan fingerprint density at radius 1 is 1.26 bits per heavy atom. The summed E-state index contributed by atoms with van der Waals surface area (Å²) >= 11 is 0. The molecule has 43 heavy (non-hydrogen) atoms. The second-order valence-corrected chi connectivity index (χ2v) is 10.8. The number of amides is 2. The molecule has 2 heterocycles. The van der Waals surface area contributed by atoms with Crippen molar-refractivity contribution in [2.75, 3.05) is 58.0 Å². The number of carbonyl (C=O) groups excluding carboxylic acids is 2. The molecule has 0 bridgehead atoms. The second kappa shape index (κ2) is 16.3. The number of methoxy groups -OCH3 is 1. The van der Waals surface area contributed by atoms with Crippen molar-refractivity contribution in [3.8, 4) is 17.9 Å². The predicted molar refractivity (Wildman–Crippen MR) is 168 cm³/mol. The highest BCUT2D eigenvalue weighted by atomic mass is 16.5. The van der Waals surface area contributed by atoms with Crippen LogP contribution in [0, 0.1) is 23.2 Å². The van der Waals surface area contributed by atoms with E-state index in [0.717, 1.165) is 18.7 Å². The summed E-state index contributed by atoms with van der Waals surface area (Å²) in [6.45, 7) is 6.05. The van der Waals surface area contributed by atoms with E-state index in [1.165, 1.54) is 6.08 Å². The van der Waals surface area contributed by atoms with Crippen LogP contribution in [0.4, 0.5) is 17.5 Å². The summed E-state index contributed by atoms with van der Waals surface area (Å²) in [4.78, 5) is 38.7. The van der Waals surface area contributed by atoms with Crippen molar-refractivity contribution in [1.82, 2.24) is 25.1 Å². The lowest BCUT2D eigenvalue weighted by Gasteiger charge is -2.32. The van der Waals surface area contributed by atoms with Gasteiger partial charge in [0.1, 0.15) is 11.4 Å². The van der Waals surface area contributed by atoms with Crippen molar-refractivity contribution < 1.29 is 14.3 Å². The van der Waals surface area contributed by atoms with Crippen LogP contribution in [0.1, 0.15) is 50.7 Å². The Kier molecular flexibility index (Phi) is 12.5. The zero-order chi connectivity index (χ0) is 31.2. The molecule has 0 spiro atoms. The van der Waals surface area contributed by atoms with Crippen LogP contribution in [0.3, 0.4) is 0 Å². The van der Waals surface area contributed by atoms with Gasteiger partial charge in [-0.15, -0.1) is 0 Å². The van der Waals surface area contributed by atoms with E-state index in [1.54, 1.807) is 55.5 Å². The number of rotatable bonds is 13. The van der Waals surface area contributed by atoms with Gasteiger partial charge in [0.15, 0.2) is 0 Å². The number of likely N-dealkylation sites (tertiary alicyclic amines) is 1. The number of hydrogen-bond donors (Lipinski definition) is 3. The van der Waals surface area contributed by atoms with E-state index in [9.17, 15) is 9.59 Å². The van der Waals surface area contributed by atoms with Gasteiger partial charge < -0.3 is 30.5 Å². The first-order valence-corrected chi connectivity index (χ1v) is 14.5. The van der Waals surface area contributed by atoms with Crippen molar-refractivity contribution in [1.29, 1.82) is 5.26 Å². The number of hydrogen-bond acceptors (Lipinski definition) is 9. The van der Waals surface area contributed by atoms with E-state index >= 15 is 0 Å². The molecule has 0 unspecified atom stereocenters. The molecule has 11 nitrogen and oxygen atoms in total. The topological polar surface area (TPSA) is 136 Å². The first-order chi connectivity index (χ1) is 20.7. The average molecular weight is 587 g/mol. The van der Waals surface area contributed by atoms with Crippen LogP contribution in [0.25, 0.3) is 0 Å². The first-order valence-electron chi connectivity index (χ1n) is 14.5. The molecule has 0 saturated carbocycles. The van der Waals surface area contributed by atoms with Crippen LogP contribution in [-0.2, 0) is 14.3 Å². The first kappa shape index (κ1) is 33.1. The maximum atomic E-state index is 13.2. The van der Waals surface area contributed by atoms with Gasteiger partial charge in [0, 0.05) is 57.9 Å². The molecule has 1 aliphatic heterocycles. The number of carbonyl (C=O) groups is 2. The number of aromatic nitrogens is 2. The number of nitriles is 1. The molecule has 228 valence electrons. The van der Waals surface area contributed by atoms with Crippen molar-refractivity contribution in [2.45, 2.75) is 51.2 Å². The molecule has 1 aliphatic rings. The Balaban J connectivity index is 1.57. The fourth-order valence-corrected chi connectivity index (χ4v) is 4.58. The molecule has 0 radical (unpaired) electrons. The lowest BCUT2D eigenvalue weighted by atomic mass is 9.96. The van der Waals surface area contributed by atoms with E-state index in [1.807, 2.05) is 19.0 Å². The molecule has 11 heteroatoms. The molecule has 3 rings (SSSR count). The molecule has 2 amide bonds. The minimum Gasteiger partial charge on any atom is -0.380 e.